The quantitative estimate of drug-likeness (QED) is 0.906. The van der Waals surface area contributed by atoms with Gasteiger partial charge in [-0.1, -0.05) is 0 Å². The second-order valence-electron chi connectivity index (χ2n) is 4.45. The predicted octanol–water partition coefficient (Wildman–Crippen LogP) is 1.39. The molecule has 2 aromatic rings. The van der Waals surface area contributed by atoms with Crippen LogP contribution < -0.4 is 9.47 Å². The summed E-state index contributed by atoms with van der Waals surface area (Å²) in [7, 11) is 1.95. The van der Waals surface area contributed by atoms with Crippen molar-refractivity contribution in [2.24, 2.45) is 7.05 Å². The number of aliphatic hydroxyl groups is 1. The van der Waals surface area contributed by atoms with E-state index in [1.54, 1.807) is 0 Å². The van der Waals surface area contributed by atoms with Crippen molar-refractivity contribution in [3.63, 3.8) is 0 Å². The molecule has 0 amide bonds. The summed E-state index contributed by atoms with van der Waals surface area (Å²) in [6.45, 7) is 1.28. The minimum absolute atomic E-state index is 0.103. The van der Waals surface area contributed by atoms with Gasteiger partial charge in [-0.05, 0) is 18.2 Å². The molecule has 1 aliphatic rings. The average Bonchev–Trinajstić information content (AvgIpc) is 2.80. The number of hydrogen-bond acceptors (Lipinski definition) is 4. The van der Waals surface area contributed by atoms with Crippen molar-refractivity contribution < 1.29 is 14.6 Å². The van der Waals surface area contributed by atoms with Gasteiger partial charge in [-0.2, -0.15) is 0 Å². The van der Waals surface area contributed by atoms with Crippen LogP contribution in [0.2, 0.25) is 0 Å². The SMILES string of the molecule is Cn1c(-c2ccc3c(c2)OCCO3)cnc1CCO. The summed E-state index contributed by atoms with van der Waals surface area (Å²) >= 11 is 0. The molecule has 1 aromatic carbocycles. The highest BCUT2D eigenvalue weighted by Gasteiger charge is 2.14. The number of hydrogen-bond donors (Lipinski definition) is 1. The molecule has 0 saturated carbocycles. The highest BCUT2D eigenvalue weighted by Crippen LogP contribution is 2.34. The van der Waals surface area contributed by atoms with E-state index in [0.717, 1.165) is 28.6 Å². The lowest BCUT2D eigenvalue weighted by Gasteiger charge is -2.19. The Morgan fingerprint density at radius 2 is 2.05 bits per heavy atom. The van der Waals surface area contributed by atoms with Crippen molar-refractivity contribution in [1.82, 2.24) is 9.55 Å². The van der Waals surface area contributed by atoms with Crippen molar-refractivity contribution in [2.75, 3.05) is 19.8 Å². The van der Waals surface area contributed by atoms with Gasteiger partial charge in [0.15, 0.2) is 11.5 Å². The Bertz CT molecular complexity index is 592. The summed E-state index contributed by atoms with van der Waals surface area (Å²) < 4.78 is 13.1. The molecule has 0 radical (unpaired) electrons. The van der Waals surface area contributed by atoms with Crippen LogP contribution in [-0.4, -0.2) is 34.5 Å². The molecule has 1 N–H and O–H groups in total. The van der Waals surface area contributed by atoms with Crippen LogP contribution in [0.25, 0.3) is 11.3 Å². The molecular formula is C14H16N2O3. The molecule has 1 aliphatic heterocycles. The Morgan fingerprint density at radius 1 is 1.26 bits per heavy atom. The van der Waals surface area contributed by atoms with Gasteiger partial charge >= 0.3 is 0 Å². The standard InChI is InChI=1S/C14H16N2O3/c1-16-11(9-15-14(16)4-5-17)10-2-3-12-13(8-10)19-7-6-18-12/h2-3,8-9,17H,4-7H2,1H3. The summed E-state index contributed by atoms with van der Waals surface area (Å²) in [6, 6.07) is 5.88. The van der Waals surface area contributed by atoms with Crippen molar-refractivity contribution >= 4 is 0 Å². The summed E-state index contributed by atoms with van der Waals surface area (Å²) in [6.07, 6.45) is 2.37. The minimum Gasteiger partial charge on any atom is -0.486 e. The van der Waals surface area contributed by atoms with Crippen LogP contribution in [-0.2, 0) is 13.5 Å². The molecule has 2 heterocycles. The number of fused-ring (bicyclic) bond motifs is 1. The molecule has 5 heteroatoms. The maximum atomic E-state index is 8.99. The molecule has 5 nitrogen and oxygen atoms in total. The first-order valence-corrected chi connectivity index (χ1v) is 6.31. The van der Waals surface area contributed by atoms with E-state index in [2.05, 4.69) is 4.98 Å². The van der Waals surface area contributed by atoms with E-state index in [1.807, 2.05) is 36.0 Å². The molecule has 100 valence electrons. The Balaban J connectivity index is 1.98. The zero-order valence-electron chi connectivity index (χ0n) is 10.8. The number of nitrogens with zero attached hydrogens (tertiary/aromatic N) is 2. The Kier molecular flexibility index (Phi) is 3.13. The van der Waals surface area contributed by atoms with Crippen LogP contribution >= 0.6 is 0 Å². The topological polar surface area (TPSA) is 56.5 Å². The Hall–Kier alpha value is -2.01. The minimum atomic E-state index is 0.103. The van der Waals surface area contributed by atoms with Crippen LogP contribution in [0.4, 0.5) is 0 Å². The molecule has 0 spiro atoms. The first-order chi connectivity index (χ1) is 9.29. The maximum absolute atomic E-state index is 8.99. The largest absolute Gasteiger partial charge is 0.486 e. The second kappa shape index (κ2) is 4.93. The van der Waals surface area contributed by atoms with Gasteiger partial charge in [0.2, 0.25) is 0 Å². The monoisotopic (exact) mass is 260 g/mol. The van der Waals surface area contributed by atoms with Crippen LogP contribution in [0.15, 0.2) is 24.4 Å². The molecule has 0 saturated heterocycles. The fourth-order valence-electron chi connectivity index (χ4n) is 2.25. The average molecular weight is 260 g/mol. The number of benzene rings is 1. The number of rotatable bonds is 3. The third kappa shape index (κ3) is 2.17. The van der Waals surface area contributed by atoms with E-state index in [-0.39, 0.29) is 6.61 Å². The summed E-state index contributed by atoms with van der Waals surface area (Å²) in [5, 5.41) is 8.99. The van der Waals surface area contributed by atoms with Crippen LogP contribution in [0.1, 0.15) is 5.82 Å². The molecule has 0 unspecified atom stereocenters. The van der Waals surface area contributed by atoms with Gasteiger partial charge in [0.1, 0.15) is 19.0 Å². The van der Waals surface area contributed by atoms with Gasteiger partial charge in [-0.15, -0.1) is 0 Å². The van der Waals surface area contributed by atoms with Crippen molar-refractivity contribution in [3.05, 3.63) is 30.2 Å². The fraction of sp³-hybridized carbons (Fsp3) is 0.357. The number of aliphatic hydroxyl groups excluding tert-OH is 1. The predicted molar refractivity (Wildman–Crippen MR) is 70.4 cm³/mol. The number of aromatic nitrogens is 2. The first-order valence-electron chi connectivity index (χ1n) is 6.31. The van der Waals surface area contributed by atoms with Crippen molar-refractivity contribution in [3.8, 4) is 22.8 Å². The Morgan fingerprint density at radius 3 is 2.84 bits per heavy atom. The smallest absolute Gasteiger partial charge is 0.162 e. The van der Waals surface area contributed by atoms with E-state index in [0.29, 0.717) is 19.6 Å². The lowest BCUT2D eigenvalue weighted by atomic mass is 10.1. The van der Waals surface area contributed by atoms with Gasteiger partial charge in [-0.3, -0.25) is 0 Å². The maximum Gasteiger partial charge on any atom is 0.162 e. The molecular weight excluding hydrogens is 244 g/mol. The van der Waals surface area contributed by atoms with E-state index >= 15 is 0 Å². The second-order valence-corrected chi connectivity index (χ2v) is 4.45. The van der Waals surface area contributed by atoms with Gasteiger partial charge in [0.25, 0.3) is 0 Å². The van der Waals surface area contributed by atoms with E-state index in [4.69, 9.17) is 14.6 Å². The lowest BCUT2D eigenvalue weighted by Crippen LogP contribution is -2.15. The summed E-state index contributed by atoms with van der Waals surface area (Å²) in [5.74, 6) is 2.42. The van der Waals surface area contributed by atoms with Gasteiger partial charge < -0.3 is 19.1 Å². The third-order valence-corrected chi connectivity index (χ3v) is 3.26. The molecule has 19 heavy (non-hydrogen) atoms. The molecule has 0 atom stereocenters. The first kappa shape index (κ1) is 12.0. The molecule has 0 bridgehead atoms. The summed E-state index contributed by atoms with van der Waals surface area (Å²) in [4.78, 5) is 4.32. The normalized spacial score (nSPS) is 13.6. The van der Waals surface area contributed by atoms with Crippen molar-refractivity contribution in [2.45, 2.75) is 6.42 Å². The summed E-state index contributed by atoms with van der Waals surface area (Å²) in [5.41, 5.74) is 2.03. The van der Waals surface area contributed by atoms with Crippen molar-refractivity contribution in [1.29, 1.82) is 0 Å². The molecule has 1 aromatic heterocycles. The lowest BCUT2D eigenvalue weighted by molar-refractivity contribution is 0.171. The number of ether oxygens (including phenoxy) is 2. The van der Waals surface area contributed by atoms with Gasteiger partial charge in [0, 0.05) is 19.0 Å². The molecule has 3 rings (SSSR count). The zero-order chi connectivity index (χ0) is 13.2. The van der Waals surface area contributed by atoms with E-state index in [9.17, 15) is 0 Å². The number of imidazole rings is 1. The van der Waals surface area contributed by atoms with Crippen LogP contribution in [0, 0.1) is 0 Å². The van der Waals surface area contributed by atoms with Gasteiger partial charge in [0.05, 0.1) is 18.5 Å². The highest BCUT2D eigenvalue weighted by molar-refractivity contribution is 5.64. The zero-order valence-corrected chi connectivity index (χ0v) is 10.8. The van der Waals surface area contributed by atoms with Crippen LogP contribution in [0.5, 0.6) is 11.5 Å². The highest BCUT2D eigenvalue weighted by atomic mass is 16.6. The van der Waals surface area contributed by atoms with Gasteiger partial charge in [-0.25, -0.2) is 4.98 Å². The fourth-order valence-corrected chi connectivity index (χ4v) is 2.25. The molecule has 0 fully saturated rings. The third-order valence-electron chi connectivity index (χ3n) is 3.26. The van der Waals surface area contributed by atoms with E-state index < -0.39 is 0 Å². The molecule has 0 aliphatic carbocycles. The van der Waals surface area contributed by atoms with E-state index in [1.165, 1.54) is 0 Å². The Labute approximate surface area is 111 Å². The van der Waals surface area contributed by atoms with Crippen LogP contribution in [0.3, 0.4) is 0 Å².